The van der Waals surface area contributed by atoms with Gasteiger partial charge in [0.15, 0.2) is 11.5 Å². The van der Waals surface area contributed by atoms with Crippen molar-refractivity contribution in [1.82, 2.24) is 9.38 Å². The van der Waals surface area contributed by atoms with Gasteiger partial charge in [-0.15, -0.1) is 0 Å². The van der Waals surface area contributed by atoms with Gasteiger partial charge in [0.05, 0.1) is 33.3 Å². The van der Waals surface area contributed by atoms with E-state index >= 15 is 0 Å². The summed E-state index contributed by atoms with van der Waals surface area (Å²) in [5, 5.41) is 20.7. The molecule has 29 heavy (non-hydrogen) atoms. The number of hydrogen-bond acceptors (Lipinski definition) is 8. The Morgan fingerprint density at radius 2 is 1.79 bits per heavy atom. The Balaban J connectivity index is 2.29. The highest BCUT2D eigenvalue weighted by Gasteiger charge is 2.28. The average Bonchev–Trinajstić information content (AvgIpc) is 2.73. The fraction of sp³-hybridized carbons (Fsp3) is 0.250. The third kappa shape index (κ3) is 3.66. The number of rotatable bonds is 6. The van der Waals surface area contributed by atoms with Crippen LogP contribution >= 0.6 is 0 Å². The van der Waals surface area contributed by atoms with E-state index in [1.54, 1.807) is 18.2 Å². The Morgan fingerprint density at radius 3 is 2.38 bits per heavy atom. The molecule has 0 radical (unpaired) electrons. The van der Waals surface area contributed by atoms with Crippen LogP contribution in [0.2, 0.25) is 0 Å². The Labute approximate surface area is 165 Å². The van der Waals surface area contributed by atoms with Crippen molar-refractivity contribution in [2.45, 2.75) is 12.3 Å². The molecule has 1 aromatic carbocycles. The van der Waals surface area contributed by atoms with Crippen LogP contribution in [0.5, 0.6) is 23.1 Å². The van der Waals surface area contributed by atoms with E-state index < -0.39 is 23.3 Å². The predicted octanol–water partition coefficient (Wildman–Crippen LogP) is 1.82. The summed E-state index contributed by atoms with van der Waals surface area (Å²) in [6.07, 6.45) is 1.26. The molecule has 0 spiro atoms. The summed E-state index contributed by atoms with van der Waals surface area (Å²) in [7, 11) is 3.94. The fourth-order valence-corrected chi connectivity index (χ4v) is 3.15. The van der Waals surface area contributed by atoms with Gasteiger partial charge in [-0.05, 0) is 29.8 Å². The molecule has 9 nitrogen and oxygen atoms in total. The average molecular weight is 400 g/mol. The van der Waals surface area contributed by atoms with Gasteiger partial charge in [-0.2, -0.15) is 4.98 Å². The SMILES string of the molecule is COC(=O)C[C@@H](c1cc(OC)c(O)c(OC)c1)c1c(O)nc2ccccn2c1=O. The van der Waals surface area contributed by atoms with Gasteiger partial charge in [0.25, 0.3) is 5.56 Å². The van der Waals surface area contributed by atoms with E-state index in [4.69, 9.17) is 14.2 Å². The number of carbonyl (C=O) groups excluding carboxylic acids is 1. The fourth-order valence-electron chi connectivity index (χ4n) is 3.15. The maximum absolute atomic E-state index is 13.1. The van der Waals surface area contributed by atoms with Gasteiger partial charge in [-0.1, -0.05) is 6.07 Å². The lowest BCUT2D eigenvalue weighted by molar-refractivity contribution is -0.140. The van der Waals surface area contributed by atoms with Crippen LogP contribution in [0.25, 0.3) is 5.65 Å². The number of aromatic nitrogens is 2. The first-order chi connectivity index (χ1) is 13.9. The number of phenols is 1. The monoisotopic (exact) mass is 400 g/mol. The summed E-state index contributed by atoms with van der Waals surface area (Å²) in [4.78, 5) is 29.3. The molecule has 0 aliphatic heterocycles. The third-order valence-electron chi connectivity index (χ3n) is 4.60. The first-order valence-electron chi connectivity index (χ1n) is 8.63. The molecule has 0 bridgehead atoms. The van der Waals surface area contributed by atoms with Crippen LogP contribution in [-0.4, -0.2) is 46.9 Å². The van der Waals surface area contributed by atoms with E-state index in [0.717, 1.165) is 0 Å². The molecule has 3 aromatic rings. The Hall–Kier alpha value is -3.75. The molecule has 3 rings (SSSR count). The van der Waals surface area contributed by atoms with Crippen molar-refractivity contribution in [2.24, 2.45) is 0 Å². The lowest BCUT2D eigenvalue weighted by Gasteiger charge is -2.20. The quantitative estimate of drug-likeness (QED) is 0.602. The van der Waals surface area contributed by atoms with Crippen LogP contribution in [0.3, 0.4) is 0 Å². The maximum atomic E-state index is 13.1. The van der Waals surface area contributed by atoms with Crippen LogP contribution in [0, 0.1) is 0 Å². The maximum Gasteiger partial charge on any atom is 0.306 e. The van der Waals surface area contributed by atoms with Gasteiger partial charge in [0, 0.05) is 12.1 Å². The summed E-state index contributed by atoms with van der Waals surface area (Å²) in [6, 6.07) is 7.84. The zero-order valence-corrected chi connectivity index (χ0v) is 16.1. The van der Waals surface area contributed by atoms with Crippen LogP contribution in [0.4, 0.5) is 0 Å². The summed E-state index contributed by atoms with van der Waals surface area (Å²) in [6.45, 7) is 0. The molecule has 0 aliphatic carbocycles. The van der Waals surface area contributed by atoms with Crippen molar-refractivity contribution in [3.63, 3.8) is 0 Å². The molecular formula is C20H20N2O7. The van der Waals surface area contributed by atoms with E-state index in [0.29, 0.717) is 5.56 Å². The molecule has 0 amide bonds. The molecule has 0 saturated heterocycles. The number of carbonyl (C=O) groups is 1. The molecule has 0 saturated carbocycles. The highest BCUT2D eigenvalue weighted by molar-refractivity contribution is 5.72. The second-order valence-electron chi connectivity index (χ2n) is 6.19. The van der Waals surface area contributed by atoms with Crippen LogP contribution < -0.4 is 15.0 Å². The second kappa shape index (κ2) is 8.09. The lowest BCUT2D eigenvalue weighted by Crippen LogP contribution is -2.24. The largest absolute Gasteiger partial charge is 0.502 e. The summed E-state index contributed by atoms with van der Waals surface area (Å²) < 4.78 is 16.4. The molecule has 0 fully saturated rings. The van der Waals surface area contributed by atoms with Crippen LogP contribution in [0.15, 0.2) is 41.3 Å². The molecule has 1 atom stereocenters. The minimum Gasteiger partial charge on any atom is -0.502 e. The number of esters is 1. The van der Waals surface area contributed by atoms with E-state index in [-0.39, 0.29) is 34.9 Å². The Bertz CT molecular complexity index is 1100. The second-order valence-corrected chi connectivity index (χ2v) is 6.19. The molecular weight excluding hydrogens is 380 g/mol. The Morgan fingerprint density at radius 1 is 1.14 bits per heavy atom. The molecule has 152 valence electrons. The number of phenolic OH excluding ortho intramolecular Hbond substituents is 1. The number of ether oxygens (including phenoxy) is 3. The van der Waals surface area contributed by atoms with Gasteiger partial charge in [-0.3, -0.25) is 14.0 Å². The van der Waals surface area contributed by atoms with Gasteiger partial charge in [0.2, 0.25) is 11.6 Å². The third-order valence-corrected chi connectivity index (χ3v) is 4.60. The summed E-state index contributed by atoms with van der Waals surface area (Å²) in [5.74, 6) is -2.08. The van der Waals surface area contributed by atoms with Gasteiger partial charge >= 0.3 is 5.97 Å². The predicted molar refractivity (Wildman–Crippen MR) is 103 cm³/mol. The number of fused-ring (bicyclic) bond motifs is 1. The van der Waals surface area contributed by atoms with Crippen LogP contribution in [-0.2, 0) is 9.53 Å². The van der Waals surface area contributed by atoms with Crippen molar-refractivity contribution >= 4 is 11.6 Å². The van der Waals surface area contributed by atoms with Crippen LogP contribution in [0.1, 0.15) is 23.5 Å². The molecule has 0 unspecified atom stereocenters. The van der Waals surface area contributed by atoms with Crippen molar-refractivity contribution < 1.29 is 29.2 Å². The summed E-state index contributed by atoms with van der Waals surface area (Å²) >= 11 is 0. The number of aromatic hydroxyl groups is 2. The van der Waals surface area contributed by atoms with Gasteiger partial charge in [-0.25, -0.2) is 0 Å². The van der Waals surface area contributed by atoms with Gasteiger partial charge < -0.3 is 24.4 Å². The van der Waals surface area contributed by atoms with Crippen molar-refractivity contribution in [1.29, 1.82) is 0 Å². The van der Waals surface area contributed by atoms with Crippen molar-refractivity contribution in [3.8, 4) is 23.1 Å². The molecule has 2 N–H and O–H groups in total. The van der Waals surface area contributed by atoms with E-state index in [1.165, 1.54) is 44.1 Å². The smallest absolute Gasteiger partial charge is 0.306 e. The minimum absolute atomic E-state index is 0.0857. The van der Waals surface area contributed by atoms with Crippen molar-refractivity contribution in [3.05, 3.63) is 58.0 Å². The van der Waals surface area contributed by atoms with E-state index in [2.05, 4.69) is 4.98 Å². The first-order valence-corrected chi connectivity index (χ1v) is 8.63. The highest BCUT2D eigenvalue weighted by atomic mass is 16.5. The number of hydrogen-bond donors (Lipinski definition) is 2. The van der Waals surface area contributed by atoms with Gasteiger partial charge in [0.1, 0.15) is 5.65 Å². The first kappa shape index (κ1) is 20.0. The Kier molecular flexibility index (Phi) is 5.58. The number of benzene rings is 1. The van der Waals surface area contributed by atoms with E-state index in [9.17, 15) is 19.8 Å². The molecule has 2 heterocycles. The topological polar surface area (TPSA) is 120 Å². The van der Waals surface area contributed by atoms with Crippen molar-refractivity contribution in [2.75, 3.05) is 21.3 Å². The van der Waals surface area contributed by atoms with E-state index in [1.807, 2.05) is 0 Å². The highest BCUT2D eigenvalue weighted by Crippen LogP contribution is 2.42. The molecule has 0 aliphatic rings. The zero-order valence-electron chi connectivity index (χ0n) is 16.1. The molecule has 9 heteroatoms. The normalized spacial score (nSPS) is 11.8. The lowest BCUT2D eigenvalue weighted by atomic mass is 9.89. The molecule has 2 aromatic heterocycles. The number of pyridine rings is 1. The standard InChI is InChI=1S/C20H20N2O7/c1-27-13-8-11(9-14(28-2)18(13)24)12(10-16(23)29-3)17-19(25)21-15-6-4-5-7-22(15)20(17)26/h4-9,12,24-25H,10H2,1-3H3/t12-/m0/s1. The zero-order chi connectivity index (χ0) is 21.1. The minimum atomic E-state index is -0.928. The number of methoxy groups -OCH3 is 3. The number of nitrogens with zero attached hydrogens (tertiary/aromatic N) is 2. The summed E-state index contributed by atoms with van der Waals surface area (Å²) in [5.41, 5.74) is 0.0327.